The van der Waals surface area contributed by atoms with Gasteiger partial charge in [-0.3, -0.25) is 4.99 Å². The molecule has 0 unspecified atom stereocenters. The van der Waals surface area contributed by atoms with Crippen LogP contribution in [0.3, 0.4) is 0 Å². The quantitative estimate of drug-likeness (QED) is 0.412. The molecular formula is C15H19ClIN3OS. The molecule has 0 amide bonds. The van der Waals surface area contributed by atoms with Crippen molar-refractivity contribution >= 4 is 52.9 Å². The molecule has 0 atom stereocenters. The van der Waals surface area contributed by atoms with Crippen LogP contribution in [0.4, 0.5) is 0 Å². The molecular weight excluding hydrogens is 433 g/mol. The summed E-state index contributed by atoms with van der Waals surface area (Å²) < 4.78 is 5.33. The van der Waals surface area contributed by atoms with E-state index in [9.17, 15) is 0 Å². The summed E-state index contributed by atoms with van der Waals surface area (Å²) in [4.78, 5) is 4.21. The summed E-state index contributed by atoms with van der Waals surface area (Å²) in [5.41, 5.74) is 2.27. The molecule has 0 bridgehead atoms. The molecule has 2 rings (SSSR count). The number of nitrogens with one attached hydrogen (secondary N) is 2. The molecule has 0 fully saturated rings. The predicted molar refractivity (Wildman–Crippen MR) is 105 cm³/mol. The van der Waals surface area contributed by atoms with Gasteiger partial charge >= 0.3 is 0 Å². The van der Waals surface area contributed by atoms with Gasteiger partial charge in [-0.2, -0.15) is 11.3 Å². The summed E-state index contributed by atoms with van der Waals surface area (Å²) in [5, 5.41) is 11.4. The summed E-state index contributed by atoms with van der Waals surface area (Å²) in [6.07, 6.45) is 0. The van der Waals surface area contributed by atoms with Crippen LogP contribution in [0.5, 0.6) is 5.75 Å². The first kappa shape index (κ1) is 19.1. The highest BCUT2D eigenvalue weighted by Crippen LogP contribution is 2.22. The Morgan fingerprint density at radius 1 is 1.27 bits per heavy atom. The monoisotopic (exact) mass is 451 g/mol. The lowest BCUT2D eigenvalue weighted by Crippen LogP contribution is -2.36. The van der Waals surface area contributed by atoms with Crippen LogP contribution in [0, 0.1) is 0 Å². The zero-order chi connectivity index (χ0) is 15.1. The first-order valence-corrected chi connectivity index (χ1v) is 7.83. The summed E-state index contributed by atoms with van der Waals surface area (Å²) >= 11 is 7.64. The smallest absolute Gasteiger partial charge is 0.191 e. The number of nitrogens with zero attached hydrogens (tertiary/aromatic N) is 1. The molecule has 2 aromatic rings. The summed E-state index contributed by atoms with van der Waals surface area (Å²) in [7, 11) is 3.39. The fraction of sp³-hybridized carbons (Fsp3) is 0.267. The molecule has 4 nitrogen and oxygen atoms in total. The van der Waals surface area contributed by atoms with E-state index in [1.54, 1.807) is 31.6 Å². The van der Waals surface area contributed by atoms with Crippen molar-refractivity contribution in [2.75, 3.05) is 14.2 Å². The van der Waals surface area contributed by atoms with E-state index in [-0.39, 0.29) is 24.0 Å². The number of hydrogen-bond donors (Lipinski definition) is 2. The van der Waals surface area contributed by atoms with Crippen LogP contribution in [0.1, 0.15) is 11.1 Å². The van der Waals surface area contributed by atoms with E-state index in [1.807, 2.05) is 12.1 Å². The van der Waals surface area contributed by atoms with Gasteiger partial charge in [0.05, 0.1) is 7.11 Å². The Balaban J connectivity index is 0.00000242. The van der Waals surface area contributed by atoms with Crippen molar-refractivity contribution in [1.29, 1.82) is 0 Å². The lowest BCUT2D eigenvalue weighted by atomic mass is 10.2. The van der Waals surface area contributed by atoms with Crippen molar-refractivity contribution in [3.05, 3.63) is 51.2 Å². The van der Waals surface area contributed by atoms with E-state index >= 15 is 0 Å². The maximum absolute atomic E-state index is 5.96. The van der Waals surface area contributed by atoms with E-state index in [0.29, 0.717) is 11.6 Å². The third-order valence-electron chi connectivity index (χ3n) is 2.96. The fourth-order valence-corrected chi connectivity index (χ4v) is 2.67. The van der Waals surface area contributed by atoms with E-state index in [1.165, 1.54) is 5.56 Å². The van der Waals surface area contributed by atoms with Gasteiger partial charge in [0.2, 0.25) is 0 Å². The van der Waals surface area contributed by atoms with Crippen molar-refractivity contribution in [2.45, 2.75) is 13.1 Å². The second-order valence-corrected chi connectivity index (χ2v) is 5.58. The number of guanidine groups is 1. The standard InChI is InChI=1S/C15H18ClN3OS.HI/c1-17-15(18-8-11-5-6-21-10-11)19-9-12-3-4-13(16)7-14(12)20-2;/h3-7,10H,8-9H2,1-2H3,(H2,17,18,19);1H. The number of thiophene rings is 1. The molecule has 1 aromatic heterocycles. The fourth-order valence-electron chi connectivity index (χ4n) is 1.84. The number of halogens is 2. The Labute approximate surface area is 157 Å². The number of rotatable bonds is 5. The number of methoxy groups -OCH3 is 1. The van der Waals surface area contributed by atoms with Crippen molar-refractivity contribution in [2.24, 2.45) is 4.99 Å². The van der Waals surface area contributed by atoms with Gasteiger partial charge in [-0.1, -0.05) is 17.7 Å². The third kappa shape index (κ3) is 5.66. The van der Waals surface area contributed by atoms with Gasteiger partial charge < -0.3 is 15.4 Å². The Morgan fingerprint density at radius 2 is 2.05 bits per heavy atom. The molecule has 1 heterocycles. The maximum Gasteiger partial charge on any atom is 0.191 e. The molecule has 0 spiro atoms. The molecule has 0 aliphatic carbocycles. The topological polar surface area (TPSA) is 45.7 Å². The second kappa shape index (κ2) is 9.91. The van der Waals surface area contributed by atoms with Crippen molar-refractivity contribution in [3.63, 3.8) is 0 Å². The minimum Gasteiger partial charge on any atom is -0.496 e. The lowest BCUT2D eigenvalue weighted by Gasteiger charge is -2.13. The number of ether oxygens (including phenoxy) is 1. The molecule has 0 aliphatic rings. The van der Waals surface area contributed by atoms with Crippen LogP contribution in [0.15, 0.2) is 40.0 Å². The molecule has 7 heteroatoms. The zero-order valence-electron chi connectivity index (χ0n) is 12.4. The minimum absolute atomic E-state index is 0. The first-order valence-electron chi connectivity index (χ1n) is 6.51. The molecule has 1 aromatic carbocycles. The molecule has 22 heavy (non-hydrogen) atoms. The summed E-state index contributed by atoms with van der Waals surface area (Å²) in [6.45, 7) is 1.37. The highest BCUT2D eigenvalue weighted by Gasteiger charge is 2.05. The van der Waals surface area contributed by atoms with Gasteiger partial charge in [0, 0.05) is 30.7 Å². The van der Waals surface area contributed by atoms with Gasteiger partial charge in [-0.05, 0) is 34.5 Å². The van der Waals surface area contributed by atoms with Gasteiger partial charge in [0.25, 0.3) is 0 Å². The van der Waals surface area contributed by atoms with Crippen molar-refractivity contribution in [1.82, 2.24) is 10.6 Å². The Kier molecular flexibility index (Phi) is 8.59. The predicted octanol–water partition coefficient (Wildman–Crippen LogP) is 3.89. The lowest BCUT2D eigenvalue weighted by molar-refractivity contribution is 0.409. The van der Waals surface area contributed by atoms with Crippen LogP contribution in [0.25, 0.3) is 0 Å². The van der Waals surface area contributed by atoms with Crippen LogP contribution in [-0.4, -0.2) is 20.1 Å². The van der Waals surface area contributed by atoms with Crippen molar-refractivity contribution in [3.8, 4) is 5.75 Å². The van der Waals surface area contributed by atoms with Gasteiger partial charge in [0.15, 0.2) is 5.96 Å². The largest absolute Gasteiger partial charge is 0.496 e. The molecule has 0 radical (unpaired) electrons. The van der Waals surface area contributed by atoms with E-state index in [2.05, 4.69) is 32.5 Å². The molecule has 120 valence electrons. The molecule has 0 saturated carbocycles. The van der Waals surface area contributed by atoms with Gasteiger partial charge in [0.1, 0.15) is 5.75 Å². The second-order valence-electron chi connectivity index (χ2n) is 4.37. The van der Waals surface area contributed by atoms with Crippen molar-refractivity contribution < 1.29 is 4.74 Å². The van der Waals surface area contributed by atoms with Gasteiger partial charge in [-0.15, -0.1) is 24.0 Å². The number of benzene rings is 1. The van der Waals surface area contributed by atoms with Gasteiger partial charge in [-0.25, -0.2) is 0 Å². The highest BCUT2D eigenvalue weighted by atomic mass is 127. The maximum atomic E-state index is 5.96. The Bertz CT molecular complexity index is 605. The average molecular weight is 452 g/mol. The highest BCUT2D eigenvalue weighted by molar-refractivity contribution is 14.0. The minimum atomic E-state index is 0. The van der Waals surface area contributed by atoms with Crippen LogP contribution in [-0.2, 0) is 13.1 Å². The summed E-state index contributed by atoms with van der Waals surface area (Å²) in [5.74, 6) is 1.52. The molecule has 0 saturated heterocycles. The van der Waals surface area contributed by atoms with Crippen LogP contribution < -0.4 is 15.4 Å². The van der Waals surface area contributed by atoms with E-state index < -0.39 is 0 Å². The average Bonchev–Trinajstić information content (AvgIpc) is 3.01. The van der Waals surface area contributed by atoms with E-state index in [0.717, 1.165) is 23.8 Å². The normalized spacial score (nSPS) is 10.8. The zero-order valence-corrected chi connectivity index (χ0v) is 16.3. The Hall–Kier alpha value is -0.990. The molecule has 0 aliphatic heterocycles. The third-order valence-corrected chi connectivity index (χ3v) is 3.93. The number of aliphatic imine (C=N–C) groups is 1. The Morgan fingerprint density at radius 3 is 2.68 bits per heavy atom. The summed E-state index contributed by atoms with van der Waals surface area (Å²) in [6, 6.07) is 7.69. The van der Waals surface area contributed by atoms with Crippen LogP contribution >= 0.6 is 46.9 Å². The number of hydrogen-bond acceptors (Lipinski definition) is 3. The molecule has 2 N–H and O–H groups in total. The van der Waals surface area contributed by atoms with E-state index in [4.69, 9.17) is 16.3 Å². The van der Waals surface area contributed by atoms with Crippen LogP contribution in [0.2, 0.25) is 5.02 Å². The first-order chi connectivity index (χ1) is 10.2. The SMILES string of the molecule is CN=C(NCc1ccsc1)NCc1ccc(Cl)cc1OC.I.